The Labute approximate surface area is 214 Å². The number of amides is 2. The molecule has 4 rings (SSSR count). The van der Waals surface area contributed by atoms with Crippen molar-refractivity contribution in [2.45, 2.75) is 72.3 Å². The topological polar surface area (TPSA) is 94.2 Å². The van der Waals surface area contributed by atoms with Crippen LogP contribution >= 0.6 is 0 Å². The fourth-order valence-electron chi connectivity index (χ4n) is 4.29. The van der Waals surface area contributed by atoms with Gasteiger partial charge in [0.25, 0.3) is 0 Å². The van der Waals surface area contributed by atoms with Crippen molar-refractivity contribution in [3.8, 4) is 0 Å². The summed E-state index contributed by atoms with van der Waals surface area (Å²) in [5.41, 5.74) is 4.58. The number of carbonyl (C=O) groups excluding carboxylic acids is 2. The molecule has 0 bridgehead atoms. The van der Waals surface area contributed by atoms with E-state index in [0.29, 0.717) is 6.54 Å². The molecule has 0 spiro atoms. The normalized spacial score (nSPS) is 12.8. The van der Waals surface area contributed by atoms with Gasteiger partial charge in [-0.15, -0.1) is 0 Å². The van der Waals surface area contributed by atoms with E-state index in [2.05, 4.69) is 34.3 Å². The molecule has 1 fully saturated rings. The number of nitrogens with zero attached hydrogens (tertiary/aromatic N) is 4. The van der Waals surface area contributed by atoms with Crippen LogP contribution in [0.25, 0.3) is 11.0 Å². The monoisotopic (exact) mass is 492 g/mol. The Morgan fingerprint density at radius 2 is 1.86 bits per heavy atom. The van der Waals surface area contributed by atoms with E-state index >= 15 is 0 Å². The first-order valence-electron chi connectivity index (χ1n) is 13.2. The van der Waals surface area contributed by atoms with Gasteiger partial charge in [0.2, 0.25) is 12.3 Å². The fourth-order valence-corrected chi connectivity index (χ4v) is 4.29. The summed E-state index contributed by atoms with van der Waals surface area (Å²) in [6.07, 6.45) is 11.5. The van der Waals surface area contributed by atoms with Crippen molar-refractivity contribution >= 4 is 34.9 Å². The van der Waals surface area contributed by atoms with Gasteiger partial charge in [-0.25, -0.2) is 4.98 Å². The molecule has 2 amide bonds. The van der Waals surface area contributed by atoms with Crippen molar-refractivity contribution in [2.75, 3.05) is 25.0 Å². The predicted octanol–water partition coefficient (Wildman–Crippen LogP) is 5.57. The largest absolute Gasteiger partial charge is 0.341 e. The Bertz CT molecular complexity index is 1100. The van der Waals surface area contributed by atoms with Crippen molar-refractivity contribution in [2.24, 2.45) is 0 Å². The standard InChI is InChI=1S/C21H24N6O2.C7H16/c1-15-16(12-26(14-28)13-21(29)27-9-2-3-10-27)5-4-6-17(15)23-20-8-7-18-19(24-20)11-22-25-18;1-3-5-7-6-4-2/h4-8,11,14H,2-3,9-10,12-13H2,1H3,(H,22,25)(H,23,24);3-7H2,1-2H3. The van der Waals surface area contributed by atoms with Crippen LogP contribution in [0.15, 0.2) is 36.5 Å². The molecule has 194 valence electrons. The maximum Gasteiger partial charge on any atom is 0.242 e. The maximum atomic E-state index is 12.4. The summed E-state index contributed by atoms with van der Waals surface area (Å²) < 4.78 is 0. The first kappa shape index (κ1) is 27.2. The number of benzene rings is 1. The molecule has 2 aromatic heterocycles. The van der Waals surface area contributed by atoms with Gasteiger partial charge in [0.15, 0.2) is 0 Å². The molecule has 1 aliphatic rings. The van der Waals surface area contributed by atoms with Gasteiger partial charge in [0.1, 0.15) is 11.3 Å². The summed E-state index contributed by atoms with van der Waals surface area (Å²) in [5, 5.41) is 10.2. The van der Waals surface area contributed by atoms with E-state index < -0.39 is 0 Å². The van der Waals surface area contributed by atoms with E-state index in [-0.39, 0.29) is 12.5 Å². The van der Waals surface area contributed by atoms with Gasteiger partial charge >= 0.3 is 0 Å². The zero-order valence-corrected chi connectivity index (χ0v) is 21.9. The number of unbranched alkanes of at least 4 members (excludes halogenated alkanes) is 4. The predicted molar refractivity (Wildman–Crippen MR) is 145 cm³/mol. The van der Waals surface area contributed by atoms with E-state index in [1.807, 2.05) is 42.2 Å². The molecular weight excluding hydrogens is 452 g/mol. The zero-order chi connectivity index (χ0) is 25.8. The lowest BCUT2D eigenvalue weighted by molar-refractivity contribution is -0.135. The van der Waals surface area contributed by atoms with Gasteiger partial charge in [-0.3, -0.25) is 14.7 Å². The van der Waals surface area contributed by atoms with Crippen LogP contribution in [0.3, 0.4) is 0 Å². The van der Waals surface area contributed by atoms with Crippen LogP contribution in [0.1, 0.15) is 69.9 Å². The molecule has 8 heteroatoms. The number of carbonyl (C=O) groups is 2. The maximum absolute atomic E-state index is 12.4. The zero-order valence-electron chi connectivity index (χ0n) is 21.9. The summed E-state index contributed by atoms with van der Waals surface area (Å²) in [5.74, 6) is 0.731. The van der Waals surface area contributed by atoms with Crippen LogP contribution in [0, 0.1) is 6.92 Å². The number of hydrogen-bond donors (Lipinski definition) is 2. The number of likely N-dealkylation sites (tertiary alicyclic amines) is 1. The second kappa shape index (κ2) is 14.2. The molecule has 8 nitrogen and oxygen atoms in total. The highest BCUT2D eigenvalue weighted by molar-refractivity contribution is 5.80. The van der Waals surface area contributed by atoms with Crippen LogP contribution in [0.5, 0.6) is 0 Å². The number of anilines is 2. The summed E-state index contributed by atoms with van der Waals surface area (Å²) in [6, 6.07) is 9.70. The lowest BCUT2D eigenvalue weighted by Crippen LogP contribution is -2.38. The molecule has 36 heavy (non-hydrogen) atoms. The van der Waals surface area contributed by atoms with Crippen molar-refractivity contribution in [3.05, 3.63) is 47.7 Å². The third kappa shape index (κ3) is 7.80. The van der Waals surface area contributed by atoms with Crippen LogP contribution in [0.2, 0.25) is 0 Å². The average Bonchev–Trinajstić information content (AvgIpc) is 3.59. The molecule has 2 N–H and O–H groups in total. The Kier molecular flexibility index (Phi) is 10.7. The molecule has 1 saturated heterocycles. The second-order valence-corrected chi connectivity index (χ2v) is 9.37. The molecule has 0 atom stereocenters. The van der Waals surface area contributed by atoms with Crippen LogP contribution < -0.4 is 5.32 Å². The van der Waals surface area contributed by atoms with Crippen molar-refractivity contribution in [3.63, 3.8) is 0 Å². The number of rotatable bonds is 11. The molecule has 0 saturated carbocycles. The number of pyridine rings is 1. The Balaban J connectivity index is 0.000000454. The van der Waals surface area contributed by atoms with Crippen molar-refractivity contribution in [1.29, 1.82) is 0 Å². The van der Waals surface area contributed by atoms with Gasteiger partial charge in [0, 0.05) is 25.3 Å². The molecule has 1 aliphatic heterocycles. The Hall–Kier alpha value is -3.42. The highest BCUT2D eigenvalue weighted by atomic mass is 16.2. The molecule has 3 heterocycles. The lowest BCUT2D eigenvalue weighted by Gasteiger charge is -2.23. The third-order valence-electron chi connectivity index (χ3n) is 6.53. The number of fused-ring (bicyclic) bond motifs is 1. The summed E-state index contributed by atoms with van der Waals surface area (Å²) in [6.45, 7) is 8.57. The minimum Gasteiger partial charge on any atom is -0.341 e. The first-order valence-corrected chi connectivity index (χ1v) is 13.2. The number of aromatic nitrogens is 3. The molecule has 0 aliphatic carbocycles. The fraction of sp³-hybridized carbons (Fsp3) is 0.500. The first-order chi connectivity index (χ1) is 17.5. The summed E-state index contributed by atoms with van der Waals surface area (Å²) in [4.78, 5) is 31.8. The minimum atomic E-state index is 0.0131. The molecule has 3 aromatic rings. The lowest BCUT2D eigenvalue weighted by atomic mass is 10.1. The number of nitrogens with one attached hydrogen (secondary N) is 2. The smallest absolute Gasteiger partial charge is 0.242 e. The molecular formula is C28H40N6O2. The van der Waals surface area contributed by atoms with Gasteiger partial charge in [-0.2, -0.15) is 5.10 Å². The van der Waals surface area contributed by atoms with Gasteiger partial charge < -0.3 is 15.1 Å². The average molecular weight is 493 g/mol. The summed E-state index contributed by atoms with van der Waals surface area (Å²) >= 11 is 0. The molecule has 0 radical (unpaired) electrons. The van der Waals surface area contributed by atoms with E-state index in [0.717, 1.165) is 66.0 Å². The van der Waals surface area contributed by atoms with Crippen LogP contribution in [-0.2, 0) is 16.1 Å². The minimum absolute atomic E-state index is 0.0131. The van der Waals surface area contributed by atoms with Crippen molar-refractivity contribution < 1.29 is 9.59 Å². The third-order valence-corrected chi connectivity index (χ3v) is 6.53. The molecule has 1 aromatic carbocycles. The van der Waals surface area contributed by atoms with Gasteiger partial charge in [-0.1, -0.05) is 58.1 Å². The summed E-state index contributed by atoms with van der Waals surface area (Å²) in [7, 11) is 0. The van der Waals surface area contributed by atoms with E-state index in [9.17, 15) is 9.59 Å². The highest BCUT2D eigenvalue weighted by Gasteiger charge is 2.20. The highest BCUT2D eigenvalue weighted by Crippen LogP contribution is 2.24. The van der Waals surface area contributed by atoms with Gasteiger partial charge in [-0.05, 0) is 49.1 Å². The Morgan fingerprint density at radius 3 is 2.56 bits per heavy atom. The van der Waals surface area contributed by atoms with Crippen LogP contribution in [0.4, 0.5) is 11.5 Å². The van der Waals surface area contributed by atoms with E-state index in [4.69, 9.17) is 0 Å². The van der Waals surface area contributed by atoms with Crippen molar-refractivity contribution in [1.82, 2.24) is 25.0 Å². The SMILES string of the molecule is CCCCCCC.Cc1c(CN(C=O)CC(=O)N2CCCC2)cccc1Nc1ccc2[nH]ncc2n1. The second-order valence-electron chi connectivity index (χ2n) is 9.37. The van der Waals surface area contributed by atoms with Gasteiger partial charge in [0.05, 0.1) is 18.3 Å². The Morgan fingerprint density at radius 1 is 1.11 bits per heavy atom. The van der Waals surface area contributed by atoms with E-state index in [1.165, 1.54) is 37.0 Å². The molecule has 0 unspecified atom stereocenters. The quantitative estimate of drug-likeness (QED) is 0.270. The number of hydrogen-bond acceptors (Lipinski definition) is 5. The number of H-pyrrole nitrogens is 1. The van der Waals surface area contributed by atoms with E-state index in [1.54, 1.807) is 6.20 Å². The number of aromatic amines is 1. The van der Waals surface area contributed by atoms with Crippen LogP contribution in [-0.4, -0.2) is 56.9 Å².